The minimum absolute atomic E-state index is 0. The normalized spacial score (nSPS) is 9.55. The Kier molecular flexibility index (Phi) is 9.40. The van der Waals surface area contributed by atoms with Gasteiger partial charge in [-0.1, -0.05) is 0 Å². The van der Waals surface area contributed by atoms with Gasteiger partial charge in [-0.25, -0.2) is 9.37 Å². The molecule has 0 aliphatic rings. The summed E-state index contributed by atoms with van der Waals surface area (Å²) in [6.45, 7) is 1.19. The van der Waals surface area contributed by atoms with Gasteiger partial charge in [0.25, 0.3) is 5.91 Å². The molecule has 22 heavy (non-hydrogen) atoms. The first-order valence-corrected chi connectivity index (χ1v) is 6.49. The number of amides is 1. The molecule has 0 aliphatic carbocycles. The van der Waals surface area contributed by atoms with Crippen molar-refractivity contribution in [2.75, 3.05) is 13.1 Å². The van der Waals surface area contributed by atoms with Gasteiger partial charge in [-0.05, 0) is 43.7 Å². The predicted octanol–water partition coefficient (Wildman–Crippen LogP) is 2.32. The molecule has 2 aromatic rings. The van der Waals surface area contributed by atoms with Crippen LogP contribution in [0.3, 0.4) is 0 Å². The molecular formula is C14H19Cl2FN4O. The van der Waals surface area contributed by atoms with Crippen LogP contribution in [0, 0.1) is 5.82 Å². The Hall–Kier alpha value is -1.63. The summed E-state index contributed by atoms with van der Waals surface area (Å²) in [5.74, 6) is -0.523. The smallest absolute Gasteiger partial charge is 0.269 e. The van der Waals surface area contributed by atoms with E-state index in [2.05, 4.69) is 10.3 Å². The first-order chi connectivity index (χ1) is 9.72. The molecule has 0 atom stereocenters. The molecule has 0 saturated carbocycles. The Morgan fingerprint density at radius 2 is 1.91 bits per heavy atom. The van der Waals surface area contributed by atoms with Crippen LogP contribution in [0.5, 0.6) is 0 Å². The fourth-order valence-electron chi connectivity index (χ4n) is 1.83. The Morgan fingerprint density at radius 1 is 1.23 bits per heavy atom. The van der Waals surface area contributed by atoms with Crippen molar-refractivity contribution in [2.24, 2.45) is 5.73 Å². The lowest BCUT2D eigenvalue weighted by molar-refractivity contribution is 0.0946. The van der Waals surface area contributed by atoms with Gasteiger partial charge in [0.1, 0.15) is 11.5 Å². The molecule has 0 radical (unpaired) electrons. The number of aromatic nitrogens is 2. The average Bonchev–Trinajstić information content (AvgIpc) is 2.93. The molecular weight excluding hydrogens is 330 g/mol. The number of rotatable bonds is 6. The van der Waals surface area contributed by atoms with E-state index in [1.54, 1.807) is 16.7 Å². The molecule has 0 aliphatic heterocycles. The Balaban J connectivity index is 0.00000220. The molecule has 0 saturated heterocycles. The van der Waals surface area contributed by atoms with Crippen molar-refractivity contribution in [2.45, 2.75) is 12.8 Å². The second-order valence-corrected chi connectivity index (χ2v) is 4.38. The summed E-state index contributed by atoms with van der Waals surface area (Å²) in [7, 11) is 0. The fraction of sp³-hybridized carbons (Fsp3) is 0.286. The topological polar surface area (TPSA) is 72.9 Å². The quantitative estimate of drug-likeness (QED) is 0.786. The highest BCUT2D eigenvalue weighted by Gasteiger charge is 2.12. The second-order valence-electron chi connectivity index (χ2n) is 4.38. The van der Waals surface area contributed by atoms with E-state index in [0.29, 0.717) is 24.5 Å². The summed E-state index contributed by atoms with van der Waals surface area (Å²) in [4.78, 5) is 16.0. The highest BCUT2D eigenvalue weighted by molar-refractivity contribution is 5.92. The van der Waals surface area contributed by atoms with E-state index < -0.39 is 0 Å². The minimum atomic E-state index is -0.318. The number of nitrogens with zero attached hydrogens (tertiary/aromatic N) is 2. The van der Waals surface area contributed by atoms with Crippen molar-refractivity contribution in [1.29, 1.82) is 0 Å². The zero-order valence-electron chi connectivity index (χ0n) is 11.9. The first-order valence-electron chi connectivity index (χ1n) is 6.49. The van der Waals surface area contributed by atoms with E-state index in [1.807, 2.05) is 0 Å². The number of nitrogens with one attached hydrogen (secondary N) is 1. The van der Waals surface area contributed by atoms with Gasteiger partial charge in [0, 0.05) is 12.2 Å². The number of hydrogen-bond acceptors (Lipinski definition) is 3. The molecule has 0 bridgehead atoms. The maximum absolute atomic E-state index is 12.9. The van der Waals surface area contributed by atoms with Gasteiger partial charge in [-0.2, -0.15) is 0 Å². The van der Waals surface area contributed by atoms with Crippen molar-refractivity contribution in [3.8, 4) is 5.69 Å². The van der Waals surface area contributed by atoms with Gasteiger partial charge in [-0.15, -0.1) is 24.8 Å². The summed E-state index contributed by atoms with van der Waals surface area (Å²) in [5.41, 5.74) is 6.51. The van der Waals surface area contributed by atoms with Gasteiger partial charge in [-0.3, -0.25) is 9.36 Å². The van der Waals surface area contributed by atoms with Crippen LogP contribution in [-0.4, -0.2) is 28.5 Å². The van der Waals surface area contributed by atoms with Crippen LogP contribution in [0.25, 0.3) is 5.69 Å². The summed E-state index contributed by atoms with van der Waals surface area (Å²) in [5, 5.41) is 2.81. The second kappa shape index (κ2) is 10.2. The number of unbranched alkanes of at least 4 members (excludes halogenated alkanes) is 1. The molecule has 1 amide bonds. The van der Waals surface area contributed by atoms with E-state index in [0.717, 1.165) is 12.8 Å². The summed E-state index contributed by atoms with van der Waals surface area (Å²) >= 11 is 0. The van der Waals surface area contributed by atoms with Crippen LogP contribution in [0.15, 0.2) is 36.8 Å². The van der Waals surface area contributed by atoms with Crippen molar-refractivity contribution in [3.05, 3.63) is 48.3 Å². The number of nitrogens with two attached hydrogens (primary N) is 1. The molecule has 0 spiro atoms. The fourth-order valence-corrected chi connectivity index (χ4v) is 1.83. The molecule has 0 unspecified atom stereocenters. The maximum atomic E-state index is 12.9. The molecule has 1 aromatic heterocycles. The number of carbonyl (C=O) groups is 1. The van der Waals surface area contributed by atoms with Gasteiger partial charge < -0.3 is 11.1 Å². The third-order valence-corrected chi connectivity index (χ3v) is 2.89. The number of benzene rings is 1. The van der Waals surface area contributed by atoms with E-state index >= 15 is 0 Å². The van der Waals surface area contributed by atoms with Crippen molar-refractivity contribution >= 4 is 30.7 Å². The van der Waals surface area contributed by atoms with E-state index in [-0.39, 0.29) is 36.5 Å². The largest absolute Gasteiger partial charge is 0.351 e. The van der Waals surface area contributed by atoms with Crippen molar-refractivity contribution in [3.63, 3.8) is 0 Å². The van der Waals surface area contributed by atoms with Crippen LogP contribution >= 0.6 is 24.8 Å². The third-order valence-electron chi connectivity index (χ3n) is 2.89. The van der Waals surface area contributed by atoms with E-state index in [9.17, 15) is 9.18 Å². The minimum Gasteiger partial charge on any atom is -0.351 e. The lowest BCUT2D eigenvalue weighted by Crippen LogP contribution is -2.26. The maximum Gasteiger partial charge on any atom is 0.269 e. The first kappa shape index (κ1) is 20.4. The number of carbonyl (C=O) groups excluding carboxylic acids is 1. The molecule has 0 fully saturated rings. The molecule has 8 heteroatoms. The van der Waals surface area contributed by atoms with Crippen LogP contribution in [0.2, 0.25) is 0 Å². The van der Waals surface area contributed by atoms with Crippen LogP contribution in [0.1, 0.15) is 23.3 Å². The predicted molar refractivity (Wildman–Crippen MR) is 88.6 cm³/mol. The standard InChI is InChI=1S/C14H17FN4O.2ClH/c15-11-3-5-12(6-4-11)19-10-17-9-13(19)14(20)18-8-2-1-7-16;;/h3-6,9-10H,1-2,7-8,16H2,(H,18,20);2*1H. The van der Waals surface area contributed by atoms with Crippen molar-refractivity contribution in [1.82, 2.24) is 14.9 Å². The Bertz CT molecular complexity index is 574. The summed E-state index contributed by atoms with van der Waals surface area (Å²) in [6.07, 6.45) is 4.73. The lowest BCUT2D eigenvalue weighted by atomic mass is 10.3. The van der Waals surface area contributed by atoms with E-state index in [1.165, 1.54) is 24.7 Å². The van der Waals surface area contributed by atoms with Crippen molar-refractivity contribution < 1.29 is 9.18 Å². The molecule has 122 valence electrons. The average molecular weight is 349 g/mol. The van der Waals surface area contributed by atoms with Gasteiger partial charge in [0.05, 0.1) is 12.5 Å². The number of imidazole rings is 1. The van der Waals surface area contributed by atoms with E-state index in [4.69, 9.17) is 5.73 Å². The highest BCUT2D eigenvalue weighted by atomic mass is 35.5. The number of hydrogen-bond donors (Lipinski definition) is 2. The molecule has 2 rings (SSSR count). The number of halogens is 3. The van der Waals surface area contributed by atoms with Gasteiger partial charge >= 0.3 is 0 Å². The Morgan fingerprint density at radius 3 is 2.55 bits per heavy atom. The van der Waals surface area contributed by atoms with Crippen LogP contribution < -0.4 is 11.1 Å². The van der Waals surface area contributed by atoms with Gasteiger partial charge in [0.15, 0.2) is 0 Å². The zero-order chi connectivity index (χ0) is 14.4. The third kappa shape index (κ3) is 5.29. The van der Waals surface area contributed by atoms with Crippen LogP contribution in [-0.2, 0) is 0 Å². The molecule has 1 aromatic carbocycles. The molecule has 3 N–H and O–H groups in total. The zero-order valence-corrected chi connectivity index (χ0v) is 13.5. The highest BCUT2D eigenvalue weighted by Crippen LogP contribution is 2.12. The lowest BCUT2D eigenvalue weighted by Gasteiger charge is -2.08. The molecule has 1 heterocycles. The van der Waals surface area contributed by atoms with Gasteiger partial charge in [0.2, 0.25) is 0 Å². The SMILES string of the molecule is Cl.Cl.NCCCCNC(=O)c1cncn1-c1ccc(F)cc1. The Labute approximate surface area is 140 Å². The monoisotopic (exact) mass is 348 g/mol. The summed E-state index contributed by atoms with van der Waals surface area (Å²) < 4.78 is 14.5. The molecule has 5 nitrogen and oxygen atoms in total. The van der Waals surface area contributed by atoms with Crippen LogP contribution in [0.4, 0.5) is 4.39 Å². The summed E-state index contributed by atoms with van der Waals surface area (Å²) in [6, 6.07) is 5.89.